The van der Waals surface area contributed by atoms with Crippen LogP contribution in [0.15, 0.2) is 24.5 Å². The number of hydrogen-bond donors (Lipinski definition) is 2. The summed E-state index contributed by atoms with van der Waals surface area (Å²) >= 11 is 0. The van der Waals surface area contributed by atoms with E-state index in [-0.39, 0.29) is 0 Å². The van der Waals surface area contributed by atoms with Crippen molar-refractivity contribution in [2.24, 2.45) is 0 Å². The minimum atomic E-state index is -0.905. The van der Waals surface area contributed by atoms with Crippen LogP contribution in [0.25, 0.3) is 5.57 Å². The summed E-state index contributed by atoms with van der Waals surface area (Å²) in [4.78, 5) is 16.0. The summed E-state index contributed by atoms with van der Waals surface area (Å²) in [6.45, 7) is 0.833. The number of nitrogens with two attached hydrogens (primary N) is 1. The number of rotatable bonds is 1. The second-order valence-corrected chi connectivity index (χ2v) is 3.40. The van der Waals surface area contributed by atoms with E-state index in [4.69, 9.17) is 10.8 Å². The predicted octanol–water partition coefficient (Wildman–Crippen LogP) is 1.04. The Balaban J connectivity index is 2.17. The molecular weight excluding hydrogens is 194 g/mol. The highest BCUT2D eigenvalue weighted by atomic mass is 16.4. The Morgan fingerprint density at radius 2 is 2.33 bits per heavy atom. The maximum Gasteiger partial charge on any atom is 0.407 e. The number of amides is 1. The van der Waals surface area contributed by atoms with Gasteiger partial charge in [0.15, 0.2) is 0 Å². The lowest BCUT2D eigenvalue weighted by Crippen LogP contribution is -2.26. The van der Waals surface area contributed by atoms with Gasteiger partial charge < -0.3 is 15.7 Å². The molecule has 5 nitrogen and oxygen atoms in total. The number of nitrogen functional groups attached to an aromatic ring is 1. The molecule has 5 heteroatoms. The fraction of sp³-hybridized carbons (Fsp3) is 0.200. The van der Waals surface area contributed by atoms with Gasteiger partial charge in [-0.25, -0.2) is 4.79 Å². The zero-order valence-electron chi connectivity index (χ0n) is 8.05. The van der Waals surface area contributed by atoms with E-state index in [9.17, 15) is 4.79 Å². The van der Waals surface area contributed by atoms with Crippen molar-refractivity contribution in [3.05, 3.63) is 30.1 Å². The molecule has 78 valence electrons. The minimum Gasteiger partial charge on any atom is -0.465 e. The molecule has 1 amide bonds. The molecule has 0 unspecified atom stereocenters. The van der Waals surface area contributed by atoms with Gasteiger partial charge in [-0.3, -0.25) is 4.98 Å². The van der Waals surface area contributed by atoms with E-state index in [1.165, 1.54) is 4.90 Å². The van der Waals surface area contributed by atoms with Crippen LogP contribution in [0.3, 0.4) is 0 Å². The summed E-state index contributed by atoms with van der Waals surface area (Å²) in [5.41, 5.74) is 8.03. The van der Waals surface area contributed by atoms with Crippen LogP contribution in [0, 0.1) is 0 Å². The van der Waals surface area contributed by atoms with Gasteiger partial charge in [0.1, 0.15) is 0 Å². The average Bonchev–Trinajstić information content (AvgIpc) is 2.66. The SMILES string of the molecule is Nc1cncc(C2=CCN(C(=O)O)C2)c1. The molecule has 3 N–H and O–H groups in total. The molecule has 15 heavy (non-hydrogen) atoms. The third kappa shape index (κ3) is 1.90. The Labute approximate surface area is 86.8 Å². The van der Waals surface area contributed by atoms with E-state index >= 15 is 0 Å². The van der Waals surface area contributed by atoms with Crippen molar-refractivity contribution in [1.29, 1.82) is 0 Å². The number of nitrogens with zero attached hydrogens (tertiary/aromatic N) is 2. The van der Waals surface area contributed by atoms with Crippen molar-refractivity contribution in [3.63, 3.8) is 0 Å². The number of carboxylic acid groups (broad SMARTS) is 1. The second kappa shape index (κ2) is 3.61. The van der Waals surface area contributed by atoms with E-state index in [0.717, 1.165) is 11.1 Å². The Morgan fingerprint density at radius 3 is 2.93 bits per heavy atom. The maximum atomic E-state index is 10.7. The van der Waals surface area contributed by atoms with Crippen molar-refractivity contribution < 1.29 is 9.90 Å². The highest BCUT2D eigenvalue weighted by molar-refractivity contribution is 5.76. The molecule has 0 saturated heterocycles. The van der Waals surface area contributed by atoms with E-state index in [1.807, 2.05) is 6.08 Å². The van der Waals surface area contributed by atoms with E-state index in [0.29, 0.717) is 18.8 Å². The van der Waals surface area contributed by atoms with Crippen LogP contribution in [-0.2, 0) is 0 Å². The maximum absolute atomic E-state index is 10.7. The van der Waals surface area contributed by atoms with Crippen LogP contribution in [0.4, 0.5) is 10.5 Å². The Hall–Kier alpha value is -2.04. The lowest BCUT2D eigenvalue weighted by atomic mass is 10.1. The molecule has 1 aliphatic rings. The lowest BCUT2D eigenvalue weighted by molar-refractivity contribution is 0.158. The van der Waals surface area contributed by atoms with E-state index < -0.39 is 6.09 Å². The summed E-state index contributed by atoms with van der Waals surface area (Å²) in [5.74, 6) is 0. The van der Waals surface area contributed by atoms with Gasteiger partial charge in [-0.2, -0.15) is 0 Å². The van der Waals surface area contributed by atoms with Gasteiger partial charge in [-0.05, 0) is 17.2 Å². The third-order valence-corrected chi connectivity index (χ3v) is 2.32. The highest BCUT2D eigenvalue weighted by Gasteiger charge is 2.19. The zero-order valence-corrected chi connectivity index (χ0v) is 8.05. The summed E-state index contributed by atoms with van der Waals surface area (Å²) in [6.07, 6.45) is 4.23. The van der Waals surface area contributed by atoms with E-state index in [1.54, 1.807) is 18.5 Å². The van der Waals surface area contributed by atoms with Crippen LogP contribution in [-0.4, -0.2) is 34.2 Å². The van der Waals surface area contributed by atoms with Crippen LogP contribution in [0.1, 0.15) is 5.56 Å². The highest BCUT2D eigenvalue weighted by Crippen LogP contribution is 2.21. The number of hydrogen-bond acceptors (Lipinski definition) is 3. The first kappa shape index (κ1) is 9.51. The van der Waals surface area contributed by atoms with Crippen molar-refractivity contribution in [2.75, 3.05) is 18.8 Å². The molecule has 0 aromatic carbocycles. The van der Waals surface area contributed by atoms with Crippen molar-refractivity contribution in [3.8, 4) is 0 Å². The first-order valence-corrected chi connectivity index (χ1v) is 4.54. The molecule has 0 radical (unpaired) electrons. The van der Waals surface area contributed by atoms with E-state index in [2.05, 4.69) is 4.98 Å². The van der Waals surface area contributed by atoms with Crippen LogP contribution in [0.5, 0.6) is 0 Å². The molecule has 0 bridgehead atoms. The summed E-state index contributed by atoms with van der Waals surface area (Å²) in [7, 11) is 0. The smallest absolute Gasteiger partial charge is 0.407 e. The summed E-state index contributed by atoms with van der Waals surface area (Å²) in [5, 5.41) is 8.78. The molecule has 2 rings (SSSR count). The van der Waals surface area contributed by atoms with Gasteiger partial charge in [0.05, 0.1) is 5.69 Å². The van der Waals surface area contributed by atoms with Gasteiger partial charge in [0.2, 0.25) is 0 Å². The quantitative estimate of drug-likeness (QED) is 0.717. The van der Waals surface area contributed by atoms with Crippen molar-refractivity contribution >= 4 is 17.4 Å². The Bertz CT molecular complexity index is 428. The Kier molecular flexibility index (Phi) is 2.29. The third-order valence-electron chi connectivity index (χ3n) is 2.32. The number of pyridine rings is 1. The van der Waals surface area contributed by atoms with Gasteiger partial charge in [-0.1, -0.05) is 6.08 Å². The molecule has 0 spiro atoms. The molecule has 2 heterocycles. The Morgan fingerprint density at radius 1 is 1.53 bits per heavy atom. The number of anilines is 1. The monoisotopic (exact) mass is 205 g/mol. The van der Waals surface area contributed by atoms with Crippen molar-refractivity contribution in [1.82, 2.24) is 9.88 Å². The second-order valence-electron chi connectivity index (χ2n) is 3.40. The molecule has 1 aromatic rings. The number of aromatic nitrogens is 1. The fourth-order valence-electron chi connectivity index (χ4n) is 1.54. The standard InChI is InChI=1S/C10H11N3O2/c11-9-3-8(4-12-5-9)7-1-2-13(6-7)10(14)15/h1,3-5H,2,6,11H2,(H,14,15). The molecule has 0 atom stereocenters. The molecule has 0 aliphatic carbocycles. The summed E-state index contributed by atoms with van der Waals surface area (Å²) < 4.78 is 0. The van der Waals surface area contributed by atoms with Crippen LogP contribution in [0.2, 0.25) is 0 Å². The number of carbonyl (C=O) groups is 1. The summed E-state index contributed by atoms with van der Waals surface area (Å²) in [6, 6.07) is 1.80. The fourth-order valence-corrected chi connectivity index (χ4v) is 1.54. The van der Waals surface area contributed by atoms with Gasteiger partial charge in [0, 0.05) is 25.5 Å². The normalized spacial score (nSPS) is 15.2. The molecular formula is C10H11N3O2. The molecule has 1 aromatic heterocycles. The van der Waals surface area contributed by atoms with Gasteiger partial charge >= 0.3 is 6.09 Å². The zero-order chi connectivity index (χ0) is 10.8. The first-order chi connectivity index (χ1) is 7.16. The molecule has 1 aliphatic heterocycles. The molecule has 0 saturated carbocycles. The lowest BCUT2D eigenvalue weighted by Gasteiger charge is -2.11. The van der Waals surface area contributed by atoms with Crippen LogP contribution < -0.4 is 5.73 Å². The largest absolute Gasteiger partial charge is 0.465 e. The molecule has 0 fully saturated rings. The van der Waals surface area contributed by atoms with Gasteiger partial charge in [0.25, 0.3) is 0 Å². The van der Waals surface area contributed by atoms with Crippen LogP contribution >= 0.6 is 0 Å². The predicted molar refractivity (Wildman–Crippen MR) is 56.2 cm³/mol. The van der Waals surface area contributed by atoms with Crippen molar-refractivity contribution in [2.45, 2.75) is 0 Å². The minimum absolute atomic E-state index is 0.403. The average molecular weight is 205 g/mol. The first-order valence-electron chi connectivity index (χ1n) is 4.54. The topological polar surface area (TPSA) is 79.5 Å². The van der Waals surface area contributed by atoms with Gasteiger partial charge in [-0.15, -0.1) is 0 Å².